The first-order chi connectivity index (χ1) is 4.74. The summed E-state index contributed by atoms with van der Waals surface area (Å²) in [5.74, 6) is -0.606. The Morgan fingerprint density at radius 1 is 1.50 bits per heavy atom. The summed E-state index contributed by atoms with van der Waals surface area (Å²) < 4.78 is 24.7. The van der Waals surface area contributed by atoms with Gasteiger partial charge in [-0.15, -0.1) is 0 Å². The fourth-order valence-corrected chi connectivity index (χ4v) is 0.898. The second-order valence-electron chi connectivity index (χ2n) is 1.70. The molecule has 0 aromatic carbocycles. The first-order valence-corrected chi connectivity index (χ1v) is 3.40. The molecule has 0 aliphatic rings. The van der Waals surface area contributed by atoms with E-state index in [0.29, 0.717) is 4.60 Å². The van der Waals surface area contributed by atoms with Gasteiger partial charge in [0.25, 0.3) is 0 Å². The van der Waals surface area contributed by atoms with Crippen molar-refractivity contribution in [2.45, 2.75) is 6.67 Å². The quantitative estimate of drug-likeness (QED) is 0.646. The van der Waals surface area contributed by atoms with E-state index in [4.69, 9.17) is 0 Å². The summed E-state index contributed by atoms with van der Waals surface area (Å²) in [6.07, 6.45) is 0. The molecule has 0 aliphatic heterocycles. The summed E-state index contributed by atoms with van der Waals surface area (Å²) in [5, 5.41) is 0. The fraction of sp³-hybridized carbons (Fsp3) is 0.167. The highest BCUT2D eigenvalue weighted by Gasteiger charge is 2.02. The van der Waals surface area contributed by atoms with E-state index < -0.39 is 12.5 Å². The van der Waals surface area contributed by atoms with Crippen molar-refractivity contribution in [2.75, 3.05) is 0 Å². The van der Waals surface area contributed by atoms with Crippen LogP contribution in [-0.4, -0.2) is 4.98 Å². The van der Waals surface area contributed by atoms with Crippen molar-refractivity contribution >= 4 is 15.9 Å². The second kappa shape index (κ2) is 3.05. The predicted molar refractivity (Wildman–Crippen MR) is 36.7 cm³/mol. The van der Waals surface area contributed by atoms with Crippen molar-refractivity contribution in [3.63, 3.8) is 0 Å². The molecule has 0 spiro atoms. The molecule has 0 aliphatic carbocycles. The summed E-state index contributed by atoms with van der Waals surface area (Å²) in [5.41, 5.74) is -0.158. The number of pyridine rings is 1. The highest BCUT2D eigenvalue weighted by atomic mass is 79.9. The monoisotopic (exact) mass is 207 g/mol. The lowest BCUT2D eigenvalue weighted by atomic mass is 10.4. The molecule has 1 nitrogen and oxygen atoms in total. The van der Waals surface area contributed by atoms with Gasteiger partial charge in [0.15, 0.2) is 0 Å². The minimum absolute atomic E-state index is 0.158. The minimum Gasteiger partial charge on any atom is -0.244 e. The Hall–Kier alpha value is -0.510. The third-order valence-electron chi connectivity index (χ3n) is 1.01. The summed E-state index contributed by atoms with van der Waals surface area (Å²) in [7, 11) is 0. The Kier molecular flexibility index (Phi) is 2.32. The average molecular weight is 208 g/mol. The molecule has 0 atom stereocenters. The third kappa shape index (κ3) is 1.50. The molecule has 1 rings (SSSR count). The zero-order chi connectivity index (χ0) is 7.56. The molecular weight excluding hydrogens is 204 g/mol. The van der Waals surface area contributed by atoms with Gasteiger partial charge in [-0.1, -0.05) is 0 Å². The Morgan fingerprint density at radius 2 is 2.20 bits per heavy atom. The lowest BCUT2D eigenvalue weighted by Crippen LogP contribution is -1.91. The van der Waals surface area contributed by atoms with Crippen LogP contribution < -0.4 is 0 Å². The summed E-state index contributed by atoms with van der Waals surface area (Å²) >= 11 is 2.99. The Balaban J connectivity index is 3.09. The smallest absolute Gasteiger partial charge is 0.147 e. The molecule has 0 amide bonds. The van der Waals surface area contributed by atoms with E-state index in [1.165, 1.54) is 12.1 Å². The number of aromatic nitrogens is 1. The molecule has 0 saturated carbocycles. The Morgan fingerprint density at radius 3 is 2.70 bits per heavy atom. The second-order valence-corrected chi connectivity index (χ2v) is 2.51. The van der Waals surface area contributed by atoms with Gasteiger partial charge in [0.2, 0.25) is 0 Å². The first kappa shape index (κ1) is 7.60. The van der Waals surface area contributed by atoms with Gasteiger partial charge < -0.3 is 0 Å². The topological polar surface area (TPSA) is 12.9 Å². The maximum atomic E-state index is 12.4. The van der Waals surface area contributed by atoms with Gasteiger partial charge in [0.05, 0.1) is 0 Å². The molecule has 0 radical (unpaired) electrons. The normalized spacial score (nSPS) is 9.90. The molecule has 1 aromatic rings. The van der Waals surface area contributed by atoms with Gasteiger partial charge in [0, 0.05) is 0 Å². The molecule has 54 valence electrons. The number of alkyl halides is 1. The van der Waals surface area contributed by atoms with Gasteiger partial charge in [-0.25, -0.2) is 13.8 Å². The van der Waals surface area contributed by atoms with Crippen LogP contribution in [0.3, 0.4) is 0 Å². The van der Waals surface area contributed by atoms with E-state index >= 15 is 0 Å². The zero-order valence-corrected chi connectivity index (χ0v) is 6.53. The molecule has 0 fully saturated rings. The van der Waals surface area contributed by atoms with Crippen LogP contribution in [0.5, 0.6) is 0 Å². The lowest BCUT2D eigenvalue weighted by molar-refractivity contribution is 0.451. The fourth-order valence-electron chi connectivity index (χ4n) is 0.551. The Labute approximate surface area is 65.2 Å². The van der Waals surface area contributed by atoms with E-state index in [-0.39, 0.29) is 5.69 Å². The van der Waals surface area contributed by atoms with E-state index in [1.54, 1.807) is 0 Å². The van der Waals surface area contributed by atoms with Crippen molar-refractivity contribution < 1.29 is 8.78 Å². The maximum Gasteiger partial charge on any atom is 0.147 e. The molecule has 0 unspecified atom stereocenters. The van der Waals surface area contributed by atoms with Gasteiger partial charge in [0.1, 0.15) is 22.8 Å². The van der Waals surface area contributed by atoms with Crippen LogP contribution in [0.2, 0.25) is 0 Å². The molecule has 1 heterocycles. The van der Waals surface area contributed by atoms with Crippen molar-refractivity contribution in [3.05, 3.63) is 28.2 Å². The van der Waals surface area contributed by atoms with Gasteiger partial charge in [-0.05, 0) is 28.1 Å². The van der Waals surface area contributed by atoms with Crippen molar-refractivity contribution in [1.29, 1.82) is 0 Å². The minimum atomic E-state index is -0.870. The summed E-state index contributed by atoms with van der Waals surface area (Å²) in [6, 6.07) is 2.60. The molecule has 0 N–H and O–H groups in total. The number of hydrogen-bond donors (Lipinski definition) is 0. The van der Waals surface area contributed by atoms with Crippen LogP contribution in [-0.2, 0) is 6.67 Å². The SMILES string of the molecule is FCc1nc(Br)ccc1F. The van der Waals surface area contributed by atoms with E-state index in [9.17, 15) is 8.78 Å². The van der Waals surface area contributed by atoms with Crippen LogP contribution in [0.1, 0.15) is 5.69 Å². The highest BCUT2D eigenvalue weighted by Crippen LogP contribution is 2.11. The third-order valence-corrected chi connectivity index (χ3v) is 1.45. The zero-order valence-electron chi connectivity index (χ0n) is 4.94. The summed E-state index contributed by atoms with van der Waals surface area (Å²) in [6.45, 7) is -0.870. The van der Waals surface area contributed by atoms with Crippen molar-refractivity contribution in [1.82, 2.24) is 4.98 Å². The van der Waals surface area contributed by atoms with Crippen molar-refractivity contribution in [2.24, 2.45) is 0 Å². The van der Waals surface area contributed by atoms with Crippen LogP contribution in [0.15, 0.2) is 16.7 Å². The summed E-state index contributed by atoms with van der Waals surface area (Å²) in [4.78, 5) is 3.56. The highest BCUT2D eigenvalue weighted by molar-refractivity contribution is 9.10. The van der Waals surface area contributed by atoms with Crippen LogP contribution in [0.4, 0.5) is 8.78 Å². The number of nitrogens with zero attached hydrogens (tertiary/aromatic N) is 1. The molecule has 1 aromatic heterocycles. The molecule has 0 saturated heterocycles. The van der Waals surface area contributed by atoms with E-state index in [1.807, 2.05) is 0 Å². The number of hydrogen-bond acceptors (Lipinski definition) is 1. The number of rotatable bonds is 1. The van der Waals surface area contributed by atoms with Crippen LogP contribution in [0, 0.1) is 5.82 Å². The van der Waals surface area contributed by atoms with E-state index in [0.717, 1.165) is 0 Å². The standard InChI is InChI=1S/C6H4BrF2N/c7-6-2-1-4(9)5(3-8)10-6/h1-2H,3H2. The predicted octanol–water partition coefficient (Wildman–Crippen LogP) is 2.45. The lowest BCUT2D eigenvalue weighted by Gasteiger charge is -1.95. The first-order valence-electron chi connectivity index (χ1n) is 2.61. The van der Waals surface area contributed by atoms with Gasteiger partial charge in [-0.2, -0.15) is 0 Å². The van der Waals surface area contributed by atoms with Crippen molar-refractivity contribution in [3.8, 4) is 0 Å². The largest absolute Gasteiger partial charge is 0.244 e. The Bertz CT molecular complexity index is 239. The average Bonchev–Trinajstić information content (AvgIpc) is 1.94. The number of halogens is 3. The van der Waals surface area contributed by atoms with Gasteiger partial charge in [-0.3, -0.25) is 0 Å². The van der Waals surface area contributed by atoms with Crippen LogP contribution in [0.25, 0.3) is 0 Å². The molecule has 4 heteroatoms. The molecule has 0 bridgehead atoms. The van der Waals surface area contributed by atoms with E-state index in [2.05, 4.69) is 20.9 Å². The molecule has 10 heavy (non-hydrogen) atoms. The molecular formula is C6H4BrF2N. The van der Waals surface area contributed by atoms with Crippen LogP contribution >= 0.6 is 15.9 Å². The maximum absolute atomic E-state index is 12.4. The van der Waals surface area contributed by atoms with Gasteiger partial charge >= 0.3 is 0 Å².